The van der Waals surface area contributed by atoms with Crippen LogP contribution in [-0.2, 0) is 4.79 Å². The van der Waals surface area contributed by atoms with E-state index in [0.29, 0.717) is 24.0 Å². The van der Waals surface area contributed by atoms with Gasteiger partial charge in [0, 0.05) is 12.6 Å². The number of aliphatic imine (C=N–C) groups is 1. The summed E-state index contributed by atoms with van der Waals surface area (Å²) in [7, 11) is 3.16. The number of methoxy groups -OCH3 is 2. The van der Waals surface area contributed by atoms with Crippen LogP contribution >= 0.6 is 0 Å². The number of nitrogens with zero attached hydrogens (tertiary/aromatic N) is 1. The van der Waals surface area contributed by atoms with Crippen LogP contribution in [0.5, 0.6) is 11.5 Å². The average Bonchev–Trinajstić information content (AvgIpc) is 2.85. The zero-order valence-electron chi connectivity index (χ0n) is 11.9. The van der Waals surface area contributed by atoms with Gasteiger partial charge in [-0.05, 0) is 24.1 Å². The van der Waals surface area contributed by atoms with Crippen molar-refractivity contribution in [3.63, 3.8) is 0 Å². The number of guanidine groups is 1. The van der Waals surface area contributed by atoms with E-state index in [-0.39, 0.29) is 5.91 Å². The van der Waals surface area contributed by atoms with E-state index >= 15 is 0 Å². The Bertz CT molecular complexity index is 506. The standard InChI is InChI=1S/C14H19N3O3/c1-4-5-15-14-16-12(13(18)17-14)9-6-10(19-2)8-11(7-9)20-3/h6-8,12H,4-5H2,1-3H3,(H2,15,16,17,18). The van der Waals surface area contributed by atoms with E-state index in [0.717, 1.165) is 12.0 Å². The van der Waals surface area contributed by atoms with Gasteiger partial charge in [0.25, 0.3) is 5.91 Å². The van der Waals surface area contributed by atoms with Crippen molar-refractivity contribution in [3.8, 4) is 11.5 Å². The van der Waals surface area contributed by atoms with Crippen molar-refractivity contribution in [1.29, 1.82) is 0 Å². The van der Waals surface area contributed by atoms with Gasteiger partial charge in [-0.25, -0.2) is 0 Å². The van der Waals surface area contributed by atoms with E-state index in [1.54, 1.807) is 20.3 Å². The summed E-state index contributed by atoms with van der Waals surface area (Å²) in [6, 6.07) is 4.91. The van der Waals surface area contributed by atoms with Crippen molar-refractivity contribution in [1.82, 2.24) is 10.6 Å². The number of hydrogen-bond acceptors (Lipinski definition) is 4. The Morgan fingerprint density at radius 3 is 2.40 bits per heavy atom. The number of hydrogen-bond donors (Lipinski definition) is 2. The zero-order chi connectivity index (χ0) is 14.5. The first kappa shape index (κ1) is 14.2. The SMILES string of the molecule is CCCN=C1NC(=O)C(c2cc(OC)cc(OC)c2)N1. The lowest BCUT2D eigenvalue weighted by molar-refractivity contribution is -0.120. The fourth-order valence-corrected chi connectivity index (χ4v) is 1.97. The molecule has 0 bridgehead atoms. The van der Waals surface area contributed by atoms with Crippen molar-refractivity contribution in [2.75, 3.05) is 20.8 Å². The summed E-state index contributed by atoms with van der Waals surface area (Å²) in [5, 5.41) is 5.80. The molecule has 2 rings (SSSR count). The van der Waals surface area contributed by atoms with E-state index in [4.69, 9.17) is 9.47 Å². The summed E-state index contributed by atoms with van der Waals surface area (Å²) < 4.78 is 10.4. The molecule has 6 nitrogen and oxygen atoms in total. The van der Waals surface area contributed by atoms with Gasteiger partial charge in [-0.15, -0.1) is 0 Å². The molecule has 1 saturated heterocycles. The Kier molecular flexibility index (Phi) is 4.45. The summed E-state index contributed by atoms with van der Waals surface area (Å²) in [5.41, 5.74) is 0.778. The van der Waals surface area contributed by atoms with Gasteiger partial charge in [-0.3, -0.25) is 15.1 Å². The van der Waals surface area contributed by atoms with Crippen molar-refractivity contribution in [2.45, 2.75) is 19.4 Å². The predicted octanol–water partition coefficient (Wildman–Crippen LogP) is 1.23. The predicted molar refractivity (Wildman–Crippen MR) is 76.2 cm³/mol. The normalized spacial score (nSPS) is 19.6. The summed E-state index contributed by atoms with van der Waals surface area (Å²) in [4.78, 5) is 16.3. The lowest BCUT2D eigenvalue weighted by Crippen LogP contribution is -2.25. The number of carbonyl (C=O) groups excluding carboxylic acids is 1. The molecule has 1 unspecified atom stereocenters. The average molecular weight is 277 g/mol. The lowest BCUT2D eigenvalue weighted by atomic mass is 10.1. The number of amides is 1. The molecule has 2 N–H and O–H groups in total. The van der Waals surface area contributed by atoms with E-state index in [9.17, 15) is 4.79 Å². The number of benzene rings is 1. The Morgan fingerprint density at radius 2 is 1.85 bits per heavy atom. The largest absolute Gasteiger partial charge is 0.497 e. The second-order valence-electron chi connectivity index (χ2n) is 4.44. The zero-order valence-corrected chi connectivity index (χ0v) is 11.9. The number of rotatable bonds is 5. The molecule has 0 aromatic heterocycles. The molecular formula is C14H19N3O3. The quantitative estimate of drug-likeness (QED) is 0.849. The summed E-state index contributed by atoms with van der Waals surface area (Å²) >= 11 is 0. The van der Waals surface area contributed by atoms with Gasteiger partial charge in [0.05, 0.1) is 14.2 Å². The Balaban J connectivity index is 2.25. The molecule has 1 aliphatic heterocycles. The van der Waals surface area contributed by atoms with Crippen LogP contribution in [0.15, 0.2) is 23.2 Å². The molecule has 0 saturated carbocycles. The van der Waals surface area contributed by atoms with Crippen molar-refractivity contribution in [2.24, 2.45) is 4.99 Å². The van der Waals surface area contributed by atoms with Gasteiger partial charge in [0.15, 0.2) is 5.96 Å². The highest BCUT2D eigenvalue weighted by atomic mass is 16.5. The number of carbonyl (C=O) groups is 1. The van der Waals surface area contributed by atoms with Crippen LogP contribution in [0.4, 0.5) is 0 Å². The number of ether oxygens (including phenoxy) is 2. The molecular weight excluding hydrogens is 258 g/mol. The third-order valence-corrected chi connectivity index (χ3v) is 2.99. The second-order valence-corrected chi connectivity index (χ2v) is 4.44. The first-order valence-corrected chi connectivity index (χ1v) is 6.52. The fraction of sp³-hybridized carbons (Fsp3) is 0.429. The van der Waals surface area contributed by atoms with Crippen molar-refractivity contribution >= 4 is 11.9 Å². The highest BCUT2D eigenvalue weighted by Gasteiger charge is 2.30. The van der Waals surface area contributed by atoms with Gasteiger partial charge < -0.3 is 14.8 Å². The third-order valence-electron chi connectivity index (χ3n) is 2.99. The smallest absolute Gasteiger partial charge is 0.253 e. The Hall–Kier alpha value is -2.24. The summed E-state index contributed by atoms with van der Waals surface area (Å²) in [6.07, 6.45) is 0.929. The third kappa shape index (κ3) is 3.01. The minimum atomic E-state index is -0.477. The Labute approximate surface area is 118 Å². The van der Waals surface area contributed by atoms with E-state index in [1.165, 1.54) is 0 Å². The highest BCUT2D eigenvalue weighted by molar-refractivity contribution is 6.06. The monoisotopic (exact) mass is 277 g/mol. The molecule has 1 amide bonds. The molecule has 1 aromatic carbocycles. The topological polar surface area (TPSA) is 72.0 Å². The first-order chi connectivity index (χ1) is 9.67. The van der Waals surface area contributed by atoms with Gasteiger partial charge in [0.2, 0.25) is 0 Å². The molecule has 6 heteroatoms. The molecule has 0 spiro atoms. The van der Waals surface area contributed by atoms with Gasteiger partial charge in [-0.1, -0.05) is 6.92 Å². The van der Waals surface area contributed by atoms with Crippen LogP contribution in [0, 0.1) is 0 Å². The van der Waals surface area contributed by atoms with Gasteiger partial charge in [0.1, 0.15) is 17.5 Å². The second kappa shape index (κ2) is 6.27. The van der Waals surface area contributed by atoms with Crippen LogP contribution in [0.1, 0.15) is 24.9 Å². The van der Waals surface area contributed by atoms with Crippen LogP contribution in [-0.4, -0.2) is 32.6 Å². The van der Waals surface area contributed by atoms with Crippen LogP contribution in [0.2, 0.25) is 0 Å². The minimum absolute atomic E-state index is 0.129. The van der Waals surface area contributed by atoms with Gasteiger partial charge in [-0.2, -0.15) is 0 Å². The highest BCUT2D eigenvalue weighted by Crippen LogP contribution is 2.27. The Morgan fingerprint density at radius 1 is 1.20 bits per heavy atom. The van der Waals surface area contributed by atoms with E-state index in [2.05, 4.69) is 15.6 Å². The van der Waals surface area contributed by atoms with Crippen LogP contribution < -0.4 is 20.1 Å². The fourth-order valence-electron chi connectivity index (χ4n) is 1.97. The lowest BCUT2D eigenvalue weighted by Gasteiger charge is -2.12. The first-order valence-electron chi connectivity index (χ1n) is 6.52. The molecule has 0 aliphatic carbocycles. The van der Waals surface area contributed by atoms with E-state index in [1.807, 2.05) is 19.1 Å². The molecule has 1 heterocycles. The van der Waals surface area contributed by atoms with Crippen LogP contribution in [0.3, 0.4) is 0 Å². The maximum absolute atomic E-state index is 12.0. The molecule has 1 fully saturated rings. The maximum atomic E-state index is 12.0. The summed E-state index contributed by atoms with van der Waals surface area (Å²) in [6.45, 7) is 2.71. The molecule has 0 radical (unpaired) electrons. The van der Waals surface area contributed by atoms with Crippen LogP contribution in [0.25, 0.3) is 0 Å². The van der Waals surface area contributed by atoms with Gasteiger partial charge >= 0.3 is 0 Å². The molecule has 20 heavy (non-hydrogen) atoms. The molecule has 1 atom stereocenters. The summed E-state index contributed by atoms with van der Waals surface area (Å²) in [5.74, 6) is 1.68. The van der Waals surface area contributed by atoms with Crippen molar-refractivity contribution < 1.29 is 14.3 Å². The maximum Gasteiger partial charge on any atom is 0.253 e. The van der Waals surface area contributed by atoms with Crippen molar-refractivity contribution in [3.05, 3.63) is 23.8 Å². The van der Waals surface area contributed by atoms with E-state index < -0.39 is 6.04 Å². The molecule has 108 valence electrons. The molecule has 1 aromatic rings. The number of nitrogens with one attached hydrogen (secondary N) is 2. The molecule has 1 aliphatic rings. The minimum Gasteiger partial charge on any atom is -0.497 e.